The van der Waals surface area contributed by atoms with E-state index in [0.29, 0.717) is 76.9 Å². The van der Waals surface area contributed by atoms with Crippen molar-refractivity contribution in [2.24, 2.45) is 84.4 Å². The van der Waals surface area contributed by atoms with Crippen LogP contribution in [0.1, 0.15) is 204 Å². The lowest BCUT2D eigenvalue weighted by Gasteiger charge is -2.50. The van der Waals surface area contributed by atoms with Crippen LogP contribution in [0.15, 0.2) is 56.2 Å². The number of allylic oxidation sites excluding steroid dienone is 3. The highest BCUT2D eigenvalue weighted by molar-refractivity contribution is 6.23. The van der Waals surface area contributed by atoms with Gasteiger partial charge in [-0.25, -0.2) is 14.4 Å². The molecule has 4 rings (SSSR count). The summed E-state index contributed by atoms with van der Waals surface area (Å²) in [4.78, 5) is 67.8. The lowest BCUT2D eigenvalue weighted by molar-refractivity contribution is -0.165. The summed E-state index contributed by atoms with van der Waals surface area (Å²) in [5.41, 5.74) is 3.08. The number of carbonyl (C=O) groups excluding carboxylic acids is 4. The minimum absolute atomic E-state index is 0.0720. The lowest BCUT2D eigenvalue weighted by atomic mass is 9.59. The first-order chi connectivity index (χ1) is 32.5. The van der Waals surface area contributed by atoms with Crippen molar-refractivity contribution in [3.05, 3.63) is 46.2 Å². The molecule has 2 heterocycles. The smallest absolute Gasteiger partial charge is 0.340 e. The number of esters is 3. The van der Waals surface area contributed by atoms with Crippen molar-refractivity contribution < 1.29 is 33.4 Å². The van der Waals surface area contributed by atoms with Crippen LogP contribution in [0.3, 0.4) is 0 Å². The minimum Gasteiger partial charge on any atom is -0.462 e. The number of rotatable bonds is 16. The maximum atomic E-state index is 15.4. The average molecular weight is 986 g/mol. The molecule has 2 fully saturated rings. The fourth-order valence-corrected chi connectivity index (χ4v) is 12.4. The van der Waals surface area contributed by atoms with Crippen molar-refractivity contribution in [1.82, 2.24) is 5.32 Å². The molecule has 5 unspecified atom stereocenters. The average Bonchev–Trinajstić information content (AvgIpc) is 3.76. The highest BCUT2D eigenvalue weighted by Crippen LogP contribution is 2.52. The third kappa shape index (κ3) is 13.9. The first kappa shape index (κ1) is 59.7. The molecule has 0 radical (unpaired) electrons. The number of carbonyl (C=O) groups is 4. The van der Waals surface area contributed by atoms with Gasteiger partial charge in [0.2, 0.25) is 5.91 Å². The quantitative estimate of drug-likeness (QED) is 0.0705. The van der Waals surface area contributed by atoms with Crippen molar-refractivity contribution in [1.29, 1.82) is 0 Å². The van der Waals surface area contributed by atoms with Gasteiger partial charge in [0.15, 0.2) is 6.17 Å². The summed E-state index contributed by atoms with van der Waals surface area (Å²) in [7, 11) is 0. The third-order valence-corrected chi connectivity index (χ3v) is 16.8. The van der Waals surface area contributed by atoms with Gasteiger partial charge in [0.1, 0.15) is 12.2 Å². The Labute approximate surface area is 431 Å². The van der Waals surface area contributed by atoms with E-state index in [2.05, 4.69) is 123 Å². The molecule has 0 aromatic rings. The first-order valence-electron chi connectivity index (χ1n) is 27.4. The molecule has 0 aromatic heterocycles. The molecule has 400 valence electrons. The van der Waals surface area contributed by atoms with Gasteiger partial charge in [-0.2, -0.15) is 0 Å². The number of hydrogen-bond donors (Lipinski definition) is 1. The highest BCUT2D eigenvalue weighted by Gasteiger charge is 2.51. The van der Waals surface area contributed by atoms with Crippen LogP contribution >= 0.6 is 0 Å². The van der Waals surface area contributed by atoms with E-state index in [4.69, 9.17) is 24.2 Å². The van der Waals surface area contributed by atoms with E-state index in [1.54, 1.807) is 6.92 Å². The SMILES string of the molecule is C=C(C)C(=O)OCCCC(CC)(CC)C(=O)NC1N=C(/C=C2\N=C(C)C(C(=O)OC3C(C(C)(C)C)CC(C)CC3C(C)(C)C)=C2C(C)C)C(C(C)C)=C1C(=O)OC1C(C(C)(C)C)CC(C)CC1C(C)(C)C. The molecule has 71 heavy (non-hydrogen) atoms. The molecule has 0 saturated heterocycles. The summed E-state index contributed by atoms with van der Waals surface area (Å²) in [6.07, 6.45) is 6.10. The Morgan fingerprint density at radius 3 is 1.51 bits per heavy atom. The molecule has 4 aliphatic rings. The van der Waals surface area contributed by atoms with Gasteiger partial charge >= 0.3 is 17.9 Å². The molecule has 1 amide bonds. The molecule has 10 heteroatoms. The summed E-state index contributed by atoms with van der Waals surface area (Å²) in [6, 6.07) is 0. The molecule has 10 nitrogen and oxygen atoms in total. The molecule has 2 aliphatic heterocycles. The van der Waals surface area contributed by atoms with Crippen LogP contribution in [0, 0.1) is 74.4 Å². The van der Waals surface area contributed by atoms with E-state index in [-0.39, 0.29) is 87.9 Å². The van der Waals surface area contributed by atoms with Crippen LogP contribution < -0.4 is 5.32 Å². The summed E-state index contributed by atoms with van der Waals surface area (Å²) < 4.78 is 19.2. The molecular weight excluding hydrogens is 887 g/mol. The van der Waals surface area contributed by atoms with Crippen molar-refractivity contribution in [2.45, 2.75) is 222 Å². The second kappa shape index (κ2) is 22.7. The molecule has 1 N–H and O–H groups in total. The lowest BCUT2D eigenvalue weighted by Crippen LogP contribution is -2.50. The molecular formula is C61H99N3O7. The number of nitrogens with one attached hydrogen (secondary N) is 1. The van der Waals surface area contributed by atoms with Crippen molar-refractivity contribution in [3.63, 3.8) is 0 Å². The van der Waals surface area contributed by atoms with Gasteiger partial charge in [0, 0.05) is 34.7 Å². The van der Waals surface area contributed by atoms with Crippen molar-refractivity contribution in [2.75, 3.05) is 6.61 Å². The van der Waals surface area contributed by atoms with Crippen molar-refractivity contribution in [3.8, 4) is 0 Å². The van der Waals surface area contributed by atoms with Gasteiger partial charge in [-0.3, -0.25) is 14.8 Å². The van der Waals surface area contributed by atoms with E-state index in [0.717, 1.165) is 31.3 Å². The monoisotopic (exact) mass is 986 g/mol. The fraction of sp³-hybridized carbons (Fsp3) is 0.770. The number of aliphatic imine (C=N–C) groups is 2. The molecule has 0 bridgehead atoms. The molecule has 2 aliphatic carbocycles. The Kier molecular flexibility index (Phi) is 19.1. The second-order valence-electron chi connectivity index (χ2n) is 27.3. The Morgan fingerprint density at radius 1 is 0.704 bits per heavy atom. The normalized spacial score (nSPS) is 27.5. The predicted molar refractivity (Wildman–Crippen MR) is 291 cm³/mol. The van der Waals surface area contributed by atoms with Crippen LogP contribution in [0.4, 0.5) is 0 Å². The first-order valence-corrected chi connectivity index (χ1v) is 27.4. The molecule has 5 atom stereocenters. The van der Waals surface area contributed by atoms with Crippen LogP contribution in [-0.4, -0.2) is 60.2 Å². The van der Waals surface area contributed by atoms with Gasteiger partial charge in [-0.05, 0) is 128 Å². The van der Waals surface area contributed by atoms with Gasteiger partial charge in [0.05, 0.1) is 34.9 Å². The minimum atomic E-state index is -1.04. The third-order valence-electron chi connectivity index (χ3n) is 16.8. The van der Waals surface area contributed by atoms with E-state index >= 15 is 4.79 Å². The van der Waals surface area contributed by atoms with E-state index in [1.165, 1.54) is 0 Å². The zero-order valence-corrected chi connectivity index (χ0v) is 48.8. The van der Waals surface area contributed by atoms with Crippen LogP contribution in [-0.2, 0) is 33.4 Å². The molecule has 2 saturated carbocycles. The number of hydrogen-bond acceptors (Lipinski definition) is 9. The maximum Gasteiger partial charge on any atom is 0.340 e. The van der Waals surface area contributed by atoms with Crippen LogP contribution in [0.2, 0.25) is 0 Å². The maximum absolute atomic E-state index is 15.4. The topological polar surface area (TPSA) is 133 Å². The second-order valence-corrected chi connectivity index (χ2v) is 27.3. The Bertz CT molecular complexity index is 2100. The van der Waals surface area contributed by atoms with Gasteiger partial charge < -0.3 is 19.5 Å². The van der Waals surface area contributed by atoms with Gasteiger partial charge in [-0.15, -0.1) is 0 Å². The fourth-order valence-electron chi connectivity index (χ4n) is 12.4. The van der Waals surface area contributed by atoms with Crippen LogP contribution in [0.5, 0.6) is 0 Å². The summed E-state index contributed by atoms with van der Waals surface area (Å²) in [6.45, 7) is 51.2. The highest BCUT2D eigenvalue weighted by atomic mass is 16.6. The van der Waals surface area contributed by atoms with Gasteiger partial charge in [0.25, 0.3) is 0 Å². The number of ether oxygens (including phenoxy) is 3. The Morgan fingerprint density at radius 2 is 1.13 bits per heavy atom. The summed E-state index contributed by atoms with van der Waals surface area (Å²) in [5, 5.41) is 3.28. The molecule has 0 aromatic carbocycles. The number of amides is 1. The van der Waals surface area contributed by atoms with E-state index < -0.39 is 23.5 Å². The largest absolute Gasteiger partial charge is 0.462 e. The summed E-state index contributed by atoms with van der Waals surface area (Å²) in [5.74, 6) is -0.253. The Hall–Kier alpha value is -3.82. The van der Waals surface area contributed by atoms with Gasteiger partial charge in [-0.1, -0.05) is 145 Å². The predicted octanol–water partition coefficient (Wildman–Crippen LogP) is 14.2. The Balaban J connectivity index is 1.90. The zero-order valence-electron chi connectivity index (χ0n) is 48.8. The van der Waals surface area contributed by atoms with Crippen molar-refractivity contribution >= 4 is 35.2 Å². The van der Waals surface area contributed by atoms with E-state index in [9.17, 15) is 14.4 Å². The van der Waals surface area contributed by atoms with E-state index in [1.807, 2.05) is 40.7 Å². The molecule has 0 spiro atoms. The summed E-state index contributed by atoms with van der Waals surface area (Å²) >= 11 is 0. The standard InChI is InChI=1S/C61H99N3O7/c1-24-61(25-2,27-26-28-69-53(65)36(7)8)56(68)64-52-49(55(67)71-51-42(59(18,19)20)31-38(10)32-43(51)60(21,22)23)47(35(5)6)45(63-52)33-44-46(34(3)4)48(39(11)62-44)54(66)70-50-40(57(12,13)14)29-37(9)30-41(50)58(15,16)17/h33-35,37-38,40-43,50-52H,7,24-32H2,1-6,8-23H3,(H,64,68)/b44-33-. The number of nitrogens with zero attached hydrogens (tertiary/aromatic N) is 2. The zero-order chi connectivity index (χ0) is 54.1. The van der Waals surface area contributed by atoms with Crippen LogP contribution in [0.25, 0.3) is 0 Å².